The van der Waals surface area contributed by atoms with Crippen molar-refractivity contribution >= 4 is 11.6 Å². The van der Waals surface area contributed by atoms with Gasteiger partial charge in [0.05, 0.1) is 0 Å². The van der Waals surface area contributed by atoms with Crippen LogP contribution in [0.1, 0.15) is 31.4 Å². The molecule has 3 nitrogen and oxygen atoms in total. The van der Waals surface area contributed by atoms with Crippen LogP contribution in [0, 0.1) is 13.8 Å². The van der Waals surface area contributed by atoms with Crippen molar-refractivity contribution in [2.45, 2.75) is 40.2 Å². The molecule has 0 unspecified atom stereocenters. The molecule has 1 aromatic rings. The van der Waals surface area contributed by atoms with Crippen LogP contribution in [0.5, 0.6) is 0 Å². The Morgan fingerprint density at radius 2 is 1.78 bits per heavy atom. The van der Waals surface area contributed by atoms with Crippen molar-refractivity contribution in [1.29, 1.82) is 0 Å². The average molecular weight is 248 g/mol. The zero-order chi connectivity index (χ0) is 13.7. The van der Waals surface area contributed by atoms with Gasteiger partial charge in [-0.25, -0.2) is 0 Å². The predicted octanol–water partition coefficient (Wildman–Crippen LogP) is 2.65. The number of hydrogen-bond donors (Lipinski definition) is 1. The summed E-state index contributed by atoms with van der Waals surface area (Å²) in [5, 5.41) is 3.26. The van der Waals surface area contributed by atoms with E-state index in [-0.39, 0.29) is 5.91 Å². The first-order chi connectivity index (χ1) is 8.40. The van der Waals surface area contributed by atoms with Crippen molar-refractivity contribution < 1.29 is 4.79 Å². The average Bonchev–Trinajstić information content (AvgIpc) is 2.26. The lowest BCUT2D eigenvalue weighted by molar-refractivity contribution is -0.118. The molecule has 0 atom stereocenters. The van der Waals surface area contributed by atoms with E-state index in [0.717, 1.165) is 12.2 Å². The first-order valence-corrected chi connectivity index (χ1v) is 6.48. The maximum Gasteiger partial charge on any atom is 0.227 e. The van der Waals surface area contributed by atoms with Crippen molar-refractivity contribution in [3.8, 4) is 0 Å². The maximum atomic E-state index is 12.0. The van der Waals surface area contributed by atoms with Gasteiger partial charge in [-0.2, -0.15) is 0 Å². The first-order valence-electron chi connectivity index (χ1n) is 6.48. The number of benzene rings is 1. The number of hydrogen-bond acceptors (Lipinski definition) is 2. The van der Waals surface area contributed by atoms with E-state index in [9.17, 15) is 4.79 Å². The lowest BCUT2D eigenvalue weighted by Crippen LogP contribution is -2.32. The van der Waals surface area contributed by atoms with E-state index >= 15 is 0 Å². The molecule has 0 fully saturated rings. The molecule has 1 N–H and O–H groups in total. The fourth-order valence-corrected chi connectivity index (χ4v) is 1.92. The van der Waals surface area contributed by atoms with E-state index in [1.54, 1.807) is 4.90 Å². The summed E-state index contributed by atoms with van der Waals surface area (Å²) < 4.78 is 0. The molecule has 0 aromatic heterocycles. The lowest BCUT2D eigenvalue weighted by atomic mass is 10.1. The second-order valence-corrected chi connectivity index (χ2v) is 5.16. The molecule has 0 bridgehead atoms. The lowest BCUT2D eigenvalue weighted by Gasteiger charge is -2.19. The number of aryl methyl sites for hydroxylation is 2. The summed E-state index contributed by atoms with van der Waals surface area (Å²) in [6.45, 7) is 8.99. The van der Waals surface area contributed by atoms with Gasteiger partial charge in [-0.3, -0.25) is 4.79 Å². The van der Waals surface area contributed by atoms with E-state index in [0.29, 0.717) is 12.5 Å². The highest BCUT2D eigenvalue weighted by Gasteiger charge is 2.11. The molecule has 1 aromatic carbocycles. The standard InChI is InChI=1S/C15H24N2O/c1-11(2)16-7-6-15(18)17(5)14-9-12(3)8-13(4)10-14/h8-11,16H,6-7H2,1-5H3. The highest BCUT2D eigenvalue weighted by atomic mass is 16.2. The van der Waals surface area contributed by atoms with Crippen LogP contribution in [0.15, 0.2) is 18.2 Å². The summed E-state index contributed by atoms with van der Waals surface area (Å²) in [6.07, 6.45) is 0.529. The molecule has 1 rings (SSSR count). The second kappa shape index (κ2) is 6.55. The molecule has 3 heteroatoms. The van der Waals surface area contributed by atoms with E-state index in [2.05, 4.69) is 39.1 Å². The van der Waals surface area contributed by atoms with Gasteiger partial charge < -0.3 is 10.2 Å². The van der Waals surface area contributed by atoms with Crippen LogP contribution in [0.2, 0.25) is 0 Å². The summed E-state index contributed by atoms with van der Waals surface area (Å²) in [6, 6.07) is 6.62. The maximum absolute atomic E-state index is 12.0. The number of carbonyl (C=O) groups is 1. The highest BCUT2D eigenvalue weighted by molar-refractivity contribution is 5.93. The van der Waals surface area contributed by atoms with E-state index in [4.69, 9.17) is 0 Å². The van der Waals surface area contributed by atoms with Gasteiger partial charge in [-0.15, -0.1) is 0 Å². The van der Waals surface area contributed by atoms with Gasteiger partial charge in [0.1, 0.15) is 0 Å². The molecule has 18 heavy (non-hydrogen) atoms. The molecule has 0 radical (unpaired) electrons. The molecule has 0 heterocycles. The number of nitrogens with zero attached hydrogens (tertiary/aromatic N) is 1. The van der Waals surface area contributed by atoms with Gasteiger partial charge in [-0.05, 0) is 37.1 Å². The number of nitrogens with one attached hydrogen (secondary N) is 1. The molecule has 0 aliphatic rings. The van der Waals surface area contributed by atoms with Crippen molar-refractivity contribution in [1.82, 2.24) is 5.32 Å². The Bertz CT molecular complexity index is 393. The molecule has 0 saturated heterocycles. The fourth-order valence-electron chi connectivity index (χ4n) is 1.92. The van der Waals surface area contributed by atoms with Gasteiger partial charge in [0.25, 0.3) is 0 Å². The normalized spacial score (nSPS) is 10.8. The summed E-state index contributed by atoms with van der Waals surface area (Å²) in [4.78, 5) is 13.8. The smallest absolute Gasteiger partial charge is 0.227 e. The molecular formula is C15H24N2O. The van der Waals surface area contributed by atoms with Gasteiger partial charge in [-0.1, -0.05) is 19.9 Å². The molecule has 0 saturated carbocycles. The van der Waals surface area contributed by atoms with Crippen LogP contribution in [0.25, 0.3) is 0 Å². The second-order valence-electron chi connectivity index (χ2n) is 5.16. The van der Waals surface area contributed by atoms with E-state index in [1.807, 2.05) is 19.2 Å². The van der Waals surface area contributed by atoms with E-state index < -0.39 is 0 Å². The van der Waals surface area contributed by atoms with Gasteiger partial charge >= 0.3 is 0 Å². The summed E-state index contributed by atoms with van der Waals surface area (Å²) >= 11 is 0. The largest absolute Gasteiger partial charge is 0.315 e. The molecule has 0 aliphatic carbocycles. The first kappa shape index (κ1) is 14.7. The Morgan fingerprint density at radius 1 is 1.22 bits per heavy atom. The minimum Gasteiger partial charge on any atom is -0.315 e. The van der Waals surface area contributed by atoms with Crippen molar-refractivity contribution in [3.05, 3.63) is 29.3 Å². The van der Waals surface area contributed by atoms with Crippen LogP contribution in [-0.4, -0.2) is 25.5 Å². The number of amides is 1. The van der Waals surface area contributed by atoms with Crippen molar-refractivity contribution in [2.75, 3.05) is 18.5 Å². The molecule has 1 amide bonds. The van der Waals surface area contributed by atoms with Crippen LogP contribution in [0.3, 0.4) is 0 Å². The third kappa shape index (κ3) is 4.49. The predicted molar refractivity (Wildman–Crippen MR) is 77.1 cm³/mol. The van der Waals surface area contributed by atoms with Crippen LogP contribution < -0.4 is 10.2 Å². The third-order valence-corrected chi connectivity index (χ3v) is 2.86. The summed E-state index contributed by atoms with van der Waals surface area (Å²) in [7, 11) is 1.84. The Hall–Kier alpha value is -1.35. The van der Waals surface area contributed by atoms with Crippen molar-refractivity contribution in [2.24, 2.45) is 0 Å². The van der Waals surface area contributed by atoms with Crippen LogP contribution in [0.4, 0.5) is 5.69 Å². The highest BCUT2D eigenvalue weighted by Crippen LogP contribution is 2.18. The minimum atomic E-state index is 0.146. The Balaban J connectivity index is 2.62. The number of rotatable bonds is 5. The van der Waals surface area contributed by atoms with Gasteiger partial charge in [0.15, 0.2) is 0 Å². The Morgan fingerprint density at radius 3 is 2.28 bits per heavy atom. The zero-order valence-electron chi connectivity index (χ0n) is 12.1. The topological polar surface area (TPSA) is 32.3 Å². The quantitative estimate of drug-likeness (QED) is 0.869. The summed E-state index contributed by atoms with van der Waals surface area (Å²) in [5.41, 5.74) is 3.34. The Kier molecular flexibility index (Phi) is 5.35. The molecule has 100 valence electrons. The number of carbonyl (C=O) groups excluding carboxylic acids is 1. The molecule has 0 spiro atoms. The molecular weight excluding hydrogens is 224 g/mol. The SMILES string of the molecule is Cc1cc(C)cc(N(C)C(=O)CCNC(C)C)c1. The van der Waals surface area contributed by atoms with Gasteiger partial charge in [0, 0.05) is 31.7 Å². The van der Waals surface area contributed by atoms with Gasteiger partial charge in [0.2, 0.25) is 5.91 Å². The van der Waals surface area contributed by atoms with Crippen molar-refractivity contribution in [3.63, 3.8) is 0 Å². The third-order valence-electron chi connectivity index (χ3n) is 2.86. The monoisotopic (exact) mass is 248 g/mol. The summed E-state index contributed by atoms with van der Waals surface area (Å²) in [5.74, 6) is 0.146. The number of anilines is 1. The van der Waals surface area contributed by atoms with E-state index in [1.165, 1.54) is 11.1 Å². The minimum absolute atomic E-state index is 0.146. The zero-order valence-corrected chi connectivity index (χ0v) is 12.1. The van der Waals surface area contributed by atoms with Crippen LogP contribution >= 0.6 is 0 Å². The fraction of sp³-hybridized carbons (Fsp3) is 0.533. The molecule has 0 aliphatic heterocycles. The van der Waals surface area contributed by atoms with Crippen LogP contribution in [-0.2, 0) is 4.79 Å². The Labute approximate surface area is 110 Å².